The Hall–Kier alpha value is -1.42. The molecule has 2 N–H and O–H groups in total. The van der Waals surface area contributed by atoms with E-state index in [1.807, 2.05) is 11.0 Å². The van der Waals surface area contributed by atoms with Crippen molar-refractivity contribution >= 4 is 5.91 Å². The molecule has 0 aliphatic carbocycles. The molecule has 1 atom stereocenters. The van der Waals surface area contributed by atoms with Gasteiger partial charge in [-0.05, 0) is 37.1 Å². The molecule has 20 heavy (non-hydrogen) atoms. The molecule has 0 aromatic heterocycles. The number of nitrogens with two attached hydrogens (primary N) is 1. The summed E-state index contributed by atoms with van der Waals surface area (Å²) in [6.07, 6.45) is 4.94. The van der Waals surface area contributed by atoms with Gasteiger partial charge >= 0.3 is 0 Å². The fourth-order valence-electron chi connectivity index (χ4n) is 2.76. The average molecular weight is 278 g/mol. The third kappa shape index (κ3) is 4.04. The Morgan fingerprint density at radius 1 is 1.25 bits per heavy atom. The van der Waals surface area contributed by atoms with Crippen LogP contribution in [-0.4, -0.2) is 30.4 Å². The average Bonchev–Trinajstić information content (AvgIpc) is 2.73. The first-order chi connectivity index (χ1) is 9.70. The van der Waals surface area contributed by atoms with E-state index >= 15 is 0 Å². The molecule has 1 unspecified atom stereocenters. The molecule has 0 radical (unpaired) electrons. The van der Waals surface area contributed by atoms with Crippen LogP contribution in [0.15, 0.2) is 24.3 Å². The molecule has 1 heterocycles. The lowest BCUT2D eigenvalue weighted by Crippen LogP contribution is -2.33. The van der Waals surface area contributed by atoms with Crippen molar-refractivity contribution in [3.05, 3.63) is 35.6 Å². The highest BCUT2D eigenvalue weighted by Gasteiger charge is 2.20. The van der Waals surface area contributed by atoms with Crippen molar-refractivity contribution in [3.8, 4) is 0 Å². The zero-order chi connectivity index (χ0) is 14.4. The minimum absolute atomic E-state index is 0.0959. The number of halogens is 1. The molecular weight excluding hydrogens is 255 g/mol. The Balaban J connectivity index is 2.00. The number of nitrogens with zero attached hydrogens (tertiary/aromatic N) is 1. The first-order valence-electron chi connectivity index (χ1n) is 7.44. The zero-order valence-corrected chi connectivity index (χ0v) is 11.9. The maximum absolute atomic E-state index is 13.3. The third-order valence-corrected chi connectivity index (χ3v) is 3.98. The summed E-state index contributed by atoms with van der Waals surface area (Å²) in [5.74, 6) is -0.226. The number of hydrogen-bond donors (Lipinski definition) is 1. The van der Waals surface area contributed by atoms with Crippen molar-refractivity contribution in [1.82, 2.24) is 4.90 Å². The molecule has 1 aromatic rings. The van der Waals surface area contributed by atoms with E-state index in [4.69, 9.17) is 5.73 Å². The molecule has 110 valence electrons. The van der Waals surface area contributed by atoms with Gasteiger partial charge in [0.1, 0.15) is 5.82 Å². The lowest BCUT2D eigenvalue weighted by molar-refractivity contribution is -0.131. The predicted molar refractivity (Wildman–Crippen MR) is 77.9 cm³/mol. The molecule has 1 aliphatic heterocycles. The lowest BCUT2D eigenvalue weighted by atomic mass is 9.95. The Bertz CT molecular complexity index is 442. The summed E-state index contributed by atoms with van der Waals surface area (Å²) in [6.45, 7) is 2.06. The fourth-order valence-corrected chi connectivity index (χ4v) is 2.76. The summed E-state index contributed by atoms with van der Waals surface area (Å²) >= 11 is 0. The van der Waals surface area contributed by atoms with Crippen LogP contribution in [0, 0.1) is 5.82 Å². The van der Waals surface area contributed by atoms with Gasteiger partial charge in [0.05, 0.1) is 0 Å². The number of likely N-dealkylation sites (tertiary alicyclic amines) is 1. The van der Waals surface area contributed by atoms with Crippen molar-refractivity contribution in [2.75, 3.05) is 19.6 Å². The second-order valence-electron chi connectivity index (χ2n) is 5.49. The summed E-state index contributed by atoms with van der Waals surface area (Å²) < 4.78 is 13.3. The van der Waals surface area contributed by atoms with E-state index in [2.05, 4.69) is 0 Å². The van der Waals surface area contributed by atoms with E-state index in [1.165, 1.54) is 25.0 Å². The highest BCUT2D eigenvalue weighted by molar-refractivity contribution is 5.77. The molecule has 1 saturated heterocycles. The summed E-state index contributed by atoms with van der Waals surface area (Å²) in [6, 6.07) is 6.40. The minimum Gasteiger partial charge on any atom is -0.343 e. The van der Waals surface area contributed by atoms with Crippen LogP contribution in [0.2, 0.25) is 0 Å². The maximum atomic E-state index is 13.3. The summed E-state index contributed by atoms with van der Waals surface area (Å²) in [5.41, 5.74) is 6.59. The number of carbonyl (C=O) groups is 1. The molecule has 1 aromatic carbocycles. The molecule has 0 bridgehead atoms. The van der Waals surface area contributed by atoms with Crippen LogP contribution in [0.5, 0.6) is 0 Å². The fraction of sp³-hybridized carbons (Fsp3) is 0.562. The largest absolute Gasteiger partial charge is 0.343 e. The first kappa shape index (κ1) is 15.0. The second-order valence-corrected chi connectivity index (χ2v) is 5.49. The second kappa shape index (κ2) is 7.39. The number of hydrogen-bond acceptors (Lipinski definition) is 2. The Kier molecular flexibility index (Phi) is 5.53. The van der Waals surface area contributed by atoms with Crippen LogP contribution in [-0.2, 0) is 4.79 Å². The Morgan fingerprint density at radius 3 is 2.55 bits per heavy atom. The summed E-state index contributed by atoms with van der Waals surface area (Å²) in [4.78, 5) is 14.3. The molecule has 3 nitrogen and oxygen atoms in total. The Morgan fingerprint density at radius 2 is 1.95 bits per heavy atom. The van der Waals surface area contributed by atoms with E-state index in [1.54, 1.807) is 6.07 Å². The number of benzene rings is 1. The Labute approximate surface area is 120 Å². The molecule has 1 amide bonds. The van der Waals surface area contributed by atoms with Crippen LogP contribution < -0.4 is 5.73 Å². The van der Waals surface area contributed by atoms with Crippen LogP contribution in [0.3, 0.4) is 0 Å². The summed E-state index contributed by atoms with van der Waals surface area (Å²) in [7, 11) is 0. The van der Waals surface area contributed by atoms with E-state index in [0.717, 1.165) is 31.5 Å². The topological polar surface area (TPSA) is 46.3 Å². The van der Waals surface area contributed by atoms with Crippen LogP contribution in [0.4, 0.5) is 4.39 Å². The van der Waals surface area contributed by atoms with Crippen LogP contribution in [0.1, 0.15) is 43.6 Å². The van der Waals surface area contributed by atoms with E-state index in [-0.39, 0.29) is 17.6 Å². The van der Waals surface area contributed by atoms with Gasteiger partial charge in [-0.1, -0.05) is 25.0 Å². The predicted octanol–water partition coefficient (Wildman–Crippen LogP) is 2.66. The molecular formula is C16H23FN2O. The van der Waals surface area contributed by atoms with Crippen LogP contribution >= 0.6 is 0 Å². The molecule has 1 fully saturated rings. The monoisotopic (exact) mass is 278 g/mol. The molecule has 1 aliphatic rings. The highest BCUT2D eigenvalue weighted by Crippen LogP contribution is 2.21. The lowest BCUT2D eigenvalue weighted by Gasteiger charge is -2.23. The van der Waals surface area contributed by atoms with Gasteiger partial charge in [-0.15, -0.1) is 0 Å². The van der Waals surface area contributed by atoms with Gasteiger partial charge in [-0.25, -0.2) is 4.39 Å². The summed E-state index contributed by atoms with van der Waals surface area (Å²) in [5, 5.41) is 0. The van der Waals surface area contributed by atoms with Gasteiger partial charge in [0.25, 0.3) is 0 Å². The van der Waals surface area contributed by atoms with Gasteiger partial charge in [-0.3, -0.25) is 4.79 Å². The van der Waals surface area contributed by atoms with E-state index < -0.39 is 0 Å². The molecule has 4 heteroatoms. The van der Waals surface area contributed by atoms with Crippen molar-refractivity contribution in [2.45, 2.75) is 38.0 Å². The SMILES string of the molecule is NCC(CC(=O)N1CCCCCC1)c1cccc(F)c1. The molecule has 0 spiro atoms. The van der Waals surface area contributed by atoms with E-state index in [9.17, 15) is 9.18 Å². The van der Waals surface area contributed by atoms with Crippen LogP contribution in [0.25, 0.3) is 0 Å². The first-order valence-corrected chi connectivity index (χ1v) is 7.44. The minimum atomic E-state index is -0.275. The van der Waals surface area contributed by atoms with Gasteiger partial charge in [0, 0.05) is 25.4 Å². The number of amides is 1. The zero-order valence-electron chi connectivity index (χ0n) is 11.9. The van der Waals surface area contributed by atoms with Crippen molar-refractivity contribution in [1.29, 1.82) is 0 Å². The van der Waals surface area contributed by atoms with Crippen molar-refractivity contribution in [3.63, 3.8) is 0 Å². The normalized spacial score (nSPS) is 17.6. The van der Waals surface area contributed by atoms with Gasteiger partial charge < -0.3 is 10.6 Å². The standard InChI is InChI=1S/C16H23FN2O/c17-15-7-5-6-13(10-15)14(12-18)11-16(20)19-8-3-1-2-4-9-19/h5-7,10,14H,1-4,8-9,11-12,18H2. The van der Waals surface area contributed by atoms with Gasteiger partial charge in [0.2, 0.25) is 5.91 Å². The molecule has 2 rings (SSSR count). The number of carbonyl (C=O) groups excluding carboxylic acids is 1. The highest BCUT2D eigenvalue weighted by atomic mass is 19.1. The smallest absolute Gasteiger partial charge is 0.223 e. The van der Waals surface area contributed by atoms with Crippen molar-refractivity contribution in [2.24, 2.45) is 5.73 Å². The van der Waals surface area contributed by atoms with E-state index in [0.29, 0.717) is 13.0 Å². The molecule has 0 saturated carbocycles. The van der Waals surface area contributed by atoms with Gasteiger partial charge in [-0.2, -0.15) is 0 Å². The maximum Gasteiger partial charge on any atom is 0.223 e. The van der Waals surface area contributed by atoms with Crippen molar-refractivity contribution < 1.29 is 9.18 Å². The number of rotatable bonds is 4. The van der Waals surface area contributed by atoms with Gasteiger partial charge in [0.15, 0.2) is 0 Å². The quantitative estimate of drug-likeness (QED) is 0.920. The third-order valence-electron chi connectivity index (χ3n) is 3.98.